The Bertz CT molecular complexity index is 793. The van der Waals surface area contributed by atoms with Gasteiger partial charge >= 0.3 is 0 Å². The minimum Gasteiger partial charge on any atom is -0.343 e. The maximum Gasteiger partial charge on any atom is 0.270 e. The molecule has 0 saturated heterocycles. The van der Waals surface area contributed by atoms with Crippen LogP contribution in [0.3, 0.4) is 0 Å². The molecule has 7 nitrogen and oxygen atoms in total. The highest BCUT2D eigenvalue weighted by molar-refractivity contribution is 6.30. The van der Waals surface area contributed by atoms with Gasteiger partial charge in [0.05, 0.1) is 11.5 Å². The summed E-state index contributed by atoms with van der Waals surface area (Å²) >= 11 is 5.81. The van der Waals surface area contributed by atoms with Gasteiger partial charge in [-0.1, -0.05) is 29.8 Å². The first-order chi connectivity index (χ1) is 11.9. The summed E-state index contributed by atoms with van der Waals surface area (Å²) in [7, 11) is 1.62. The minimum atomic E-state index is -0.582. The number of hydrogen-bond acceptors (Lipinski definition) is 4. The number of halogens is 1. The predicted octanol–water partition coefficient (Wildman–Crippen LogP) is 2.64. The van der Waals surface area contributed by atoms with Gasteiger partial charge in [-0.3, -0.25) is 19.7 Å². The van der Waals surface area contributed by atoms with E-state index in [0.29, 0.717) is 11.6 Å². The van der Waals surface area contributed by atoms with Crippen LogP contribution in [0.2, 0.25) is 5.02 Å². The first-order valence-electron chi connectivity index (χ1n) is 7.38. The van der Waals surface area contributed by atoms with Gasteiger partial charge in [-0.25, -0.2) is 0 Å². The van der Waals surface area contributed by atoms with Gasteiger partial charge in [-0.2, -0.15) is 0 Å². The van der Waals surface area contributed by atoms with Crippen molar-refractivity contribution in [3.05, 3.63) is 74.8 Å². The summed E-state index contributed by atoms with van der Waals surface area (Å²) in [6, 6.07) is 12.4. The number of amides is 2. The normalized spacial score (nSPS) is 10.2. The topological polar surface area (TPSA) is 92.6 Å². The van der Waals surface area contributed by atoms with Crippen LogP contribution in [0, 0.1) is 10.1 Å². The highest BCUT2D eigenvalue weighted by Crippen LogP contribution is 2.13. The lowest BCUT2D eigenvalue weighted by molar-refractivity contribution is -0.384. The van der Waals surface area contributed by atoms with Crippen molar-refractivity contribution in [1.29, 1.82) is 0 Å². The number of nitrogens with one attached hydrogen (secondary N) is 1. The van der Waals surface area contributed by atoms with Crippen molar-refractivity contribution in [2.45, 2.75) is 6.54 Å². The number of carbonyl (C=O) groups excluding carboxylic acids is 2. The Morgan fingerprint density at radius 1 is 1.20 bits per heavy atom. The molecular formula is C17H16ClN3O4. The van der Waals surface area contributed by atoms with Crippen LogP contribution >= 0.6 is 11.6 Å². The van der Waals surface area contributed by atoms with E-state index in [0.717, 1.165) is 11.6 Å². The van der Waals surface area contributed by atoms with Crippen molar-refractivity contribution in [3.63, 3.8) is 0 Å². The fraction of sp³-hybridized carbons (Fsp3) is 0.176. The molecule has 0 spiro atoms. The number of nitro groups is 1. The third-order valence-electron chi connectivity index (χ3n) is 3.48. The molecule has 2 amide bonds. The summed E-state index contributed by atoms with van der Waals surface area (Å²) in [5.74, 6) is -0.828. The number of likely N-dealkylation sites (N-methyl/N-ethyl adjacent to an activating group) is 1. The molecule has 8 heteroatoms. The highest BCUT2D eigenvalue weighted by Gasteiger charge is 2.14. The fourth-order valence-corrected chi connectivity index (χ4v) is 2.23. The third-order valence-corrected chi connectivity index (χ3v) is 3.73. The van der Waals surface area contributed by atoms with Gasteiger partial charge in [-0.05, 0) is 23.8 Å². The SMILES string of the molecule is CN(Cc1ccc(Cl)cc1)C(=O)CNC(=O)c1cccc([N+](=O)[O-])c1. The number of benzene rings is 2. The van der Waals surface area contributed by atoms with Crippen LogP contribution in [0.25, 0.3) is 0 Å². The number of rotatable bonds is 6. The molecule has 130 valence electrons. The third kappa shape index (κ3) is 5.29. The second-order valence-electron chi connectivity index (χ2n) is 5.37. The van der Waals surface area contributed by atoms with E-state index >= 15 is 0 Å². The zero-order valence-electron chi connectivity index (χ0n) is 13.4. The molecule has 0 atom stereocenters. The molecule has 0 aliphatic heterocycles. The van der Waals surface area contributed by atoms with Crippen LogP contribution in [0.4, 0.5) is 5.69 Å². The smallest absolute Gasteiger partial charge is 0.270 e. The largest absolute Gasteiger partial charge is 0.343 e. The van der Waals surface area contributed by atoms with Crippen molar-refractivity contribution >= 4 is 29.1 Å². The van der Waals surface area contributed by atoms with Gasteiger partial charge in [0.2, 0.25) is 5.91 Å². The number of nitro benzene ring substituents is 1. The van der Waals surface area contributed by atoms with Gasteiger partial charge in [0, 0.05) is 36.3 Å². The quantitative estimate of drug-likeness (QED) is 0.632. The first-order valence-corrected chi connectivity index (χ1v) is 7.75. The van der Waals surface area contributed by atoms with E-state index in [2.05, 4.69) is 5.32 Å². The zero-order valence-corrected chi connectivity index (χ0v) is 14.2. The Labute approximate surface area is 149 Å². The number of nitrogens with zero attached hydrogens (tertiary/aromatic N) is 2. The lowest BCUT2D eigenvalue weighted by atomic mass is 10.2. The molecule has 2 rings (SSSR count). The van der Waals surface area contributed by atoms with Crippen LogP contribution in [0.1, 0.15) is 15.9 Å². The zero-order chi connectivity index (χ0) is 18.4. The standard InChI is InChI=1S/C17H16ClN3O4/c1-20(11-12-5-7-14(18)8-6-12)16(22)10-19-17(23)13-3-2-4-15(9-13)21(24)25/h2-9H,10-11H2,1H3,(H,19,23). The van der Waals surface area contributed by atoms with Crippen molar-refractivity contribution in [2.75, 3.05) is 13.6 Å². The molecule has 2 aromatic rings. The molecule has 1 N–H and O–H groups in total. The lowest BCUT2D eigenvalue weighted by Gasteiger charge is -2.17. The van der Waals surface area contributed by atoms with Gasteiger partial charge in [-0.15, -0.1) is 0 Å². The average molecular weight is 362 g/mol. The summed E-state index contributed by atoms with van der Waals surface area (Å²) in [6.07, 6.45) is 0. The molecule has 2 aromatic carbocycles. The molecular weight excluding hydrogens is 346 g/mol. The Kier molecular flexibility index (Phi) is 6.08. The van der Waals surface area contributed by atoms with Gasteiger partial charge < -0.3 is 10.2 Å². The van der Waals surface area contributed by atoms with Gasteiger partial charge in [0.1, 0.15) is 0 Å². The summed E-state index contributed by atoms with van der Waals surface area (Å²) in [5, 5.41) is 13.8. The van der Waals surface area contributed by atoms with E-state index in [-0.39, 0.29) is 23.7 Å². The molecule has 0 unspecified atom stereocenters. The summed E-state index contributed by atoms with van der Waals surface area (Å²) in [4.78, 5) is 35.7. The van der Waals surface area contributed by atoms with Crippen molar-refractivity contribution in [1.82, 2.24) is 10.2 Å². The monoisotopic (exact) mass is 361 g/mol. The second kappa shape index (κ2) is 8.25. The van der Waals surface area contributed by atoms with E-state index in [9.17, 15) is 19.7 Å². The molecule has 0 saturated carbocycles. The first kappa shape index (κ1) is 18.4. The Hall–Kier alpha value is -2.93. The van der Waals surface area contributed by atoms with Crippen molar-refractivity contribution in [3.8, 4) is 0 Å². The van der Waals surface area contributed by atoms with Crippen LogP contribution in [0.5, 0.6) is 0 Å². The fourth-order valence-electron chi connectivity index (χ4n) is 2.11. The molecule has 0 radical (unpaired) electrons. The second-order valence-corrected chi connectivity index (χ2v) is 5.80. The van der Waals surface area contributed by atoms with Crippen LogP contribution < -0.4 is 5.32 Å². The van der Waals surface area contributed by atoms with Crippen LogP contribution in [-0.2, 0) is 11.3 Å². The predicted molar refractivity (Wildman–Crippen MR) is 93.4 cm³/mol. The number of carbonyl (C=O) groups is 2. The van der Waals surface area contributed by atoms with Crippen LogP contribution in [0.15, 0.2) is 48.5 Å². The Morgan fingerprint density at radius 2 is 1.88 bits per heavy atom. The summed E-state index contributed by atoms with van der Waals surface area (Å²) in [5.41, 5.74) is 0.853. The average Bonchev–Trinajstić information content (AvgIpc) is 2.61. The molecule has 0 aromatic heterocycles. The van der Waals surface area contributed by atoms with E-state index in [1.165, 1.54) is 23.1 Å². The van der Waals surface area contributed by atoms with E-state index in [4.69, 9.17) is 11.6 Å². The minimum absolute atomic E-state index is 0.127. The number of non-ortho nitro benzene ring substituents is 1. The molecule has 25 heavy (non-hydrogen) atoms. The summed E-state index contributed by atoms with van der Waals surface area (Å²) in [6.45, 7) is 0.175. The van der Waals surface area contributed by atoms with E-state index < -0.39 is 10.8 Å². The molecule has 0 bridgehead atoms. The van der Waals surface area contributed by atoms with Crippen molar-refractivity contribution in [2.24, 2.45) is 0 Å². The van der Waals surface area contributed by atoms with Gasteiger partial charge in [0.15, 0.2) is 0 Å². The molecule has 0 aliphatic rings. The lowest BCUT2D eigenvalue weighted by Crippen LogP contribution is -2.37. The van der Waals surface area contributed by atoms with Crippen molar-refractivity contribution < 1.29 is 14.5 Å². The molecule has 0 aliphatic carbocycles. The maximum absolute atomic E-state index is 12.1. The van der Waals surface area contributed by atoms with Gasteiger partial charge in [0.25, 0.3) is 11.6 Å². The maximum atomic E-state index is 12.1. The van der Waals surface area contributed by atoms with E-state index in [1.54, 1.807) is 19.2 Å². The van der Waals surface area contributed by atoms with Crippen LogP contribution in [-0.4, -0.2) is 35.2 Å². The molecule has 0 fully saturated rings. The summed E-state index contributed by atoms with van der Waals surface area (Å²) < 4.78 is 0. The Morgan fingerprint density at radius 3 is 2.52 bits per heavy atom. The highest BCUT2D eigenvalue weighted by atomic mass is 35.5. The molecule has 0 heterocycles. The van der Waals surface area contributed by atoms with E-state index in [1.807, 2.05) is 12.1 Å². The Balaban J connectivity index is 1.90. The number of hydrogen-bond donors (Lipinski definition) is 1.